The smallest absolute Gasteiger partial charge is 0.231 e. The average Bonchev–Trinajstić information content (AvgIpc) is 2.72. The Morgan fingerprint density at radius 2 is 1.93 bits per heavy atom. The van der Waals surface area contributed by atoms with Gasteiger partial charge in [-0.25, -0.2) is 0 Å². The van der Waals surface area contributed by atoms with Gasteiger partial charge >= 0.3 is 0 Å². The molecule has 1 aliphatic heterocycles. The molecule has 0 atom stereocenters. The van der Waals surface area contributed by atoms with Crippen LogP contribution in [0.1, 0.15) is 0 Å². The van der Waals surface area contributed by atoms with E-state index in [1.807, 2.05) is 30.3 Å². The Morgan fingerprint density at radius 1 is 1.13 bits per heavy atom. The molecule has 0 spiro atoms. The highest BCUT2D eigenvalue weighted by Crippen LogP contribution is 2.38. The van der Waals surface area contributed by atoms with E-state index >= 15 is 0 Å². The molecule has 0 amide bonds. The quantitative estimate of drug-likeness (QED) is 0.547. The van der Waals surface area contributed by atoms with Gasteiger partial charge in [0.25, 0.3) is 0 Å². The van der Waals surface area contributed by atoms with Gasteiger partial charge in [-0.2, -0.15) is 0 Å². The zero-order valence-corrected chi connectivity index (χ0v) is 7.99. The van der Waals surface area contributed by atoms with E-state index in [-0.39, 0.29) is 6.79 Å². The van der Waals surface area contributed by atoms with E-state index in [4.69, 9.17) is 15.3 Å². The van der Waals surface area contributed by atoms with Gasteiger partial charge in [-0.05, 0) is 23.6 Å². The second kappa shape index (κ2) is 3.03. The lowest BCUT2D eigenvalue weighted by atomic mass is 10.1. The predicted molar refractivity (Wildman–Crippen MR) is 57.9 cm³/mol. The van der Waals surface area contributed by atoms with E-state index in [0.717, 1.165) is 28.0 Å². The van der Waals surface area contributed by atoms with Crippen molar-refractivity contribution in [3.63, 3.8) is 0 Å². The summed E-state index contributed by atoms with van der Waals surface area (Å²) < 4.78 is 10.6. The summed E-state index contributed by atoms with van der Waals surface area (Å²) in [6.07, 6.45) is 0. The molecule has 4 nitrogen and oxygen atoms in total. The minimum atomic E-state index is 0.289. The summed E-state index contributed by atoms with van der Waals surface area (Å²) in [5, 5.41) is 2.11. The first-order valence-electron chi connectivity index (χ1n) is 4.67. The van der Waals surface area contributed by atoms with Crippen molar-refractivity contribution in [1.29, 1.82) is 0 Å². The van der Waals surface area contributed by atoms with Gasteiger partial charge < -0.3 is 14.9 Å². The van der Waals surface area contributed by atoms with E-state index in [1.54, 1.807) is 0 Å². The van der Waals surface area contributed by atoms with Crippen LogP contribution in [0, 0.1) is 0 Å². The van der Waals surface area contributed by atoms with Crippen molar-refractivity contribution in [3.05, 3.63) is 30.3 Å². The molecule has 0 aromatic heterocycles. The first-order chi connectivity index (χ1) is 7.38. The molecule has 0 bridgehead atoms. The molecule has 0 aliphatic carbocycles. The highest BCUT2D eigenvalue weighted by molar-refractivity contribution is 5.96. The molecule has 0 radical (unpaired) electrons. The third kappa shape index (κ3) is 1.19. The third-order valence-electron chi connectivity index (χ3n) is 2.53. The van der Waals surface area contributed by atoms with Gasteiger partial charge in [0.15, 0.2) is 11.5 Å². The molecule has 3 rings (SSSR count). The minimum absolute atomic E-state index is 0.289. The number of rotatable bonds is 1. The largest absolute Gasteiger partial charge is 0.454 e. The summed E-state index contributed by atoms with van der Waals surface area (Å²) in [6, 6.07) is 9.77. The number of nitrogens with two attached hydrogens (primary N) is 1. The Bertz CT molecular complexity index is 525. The Hall–Kier alpha value is -1.94. The molecule has 1 heterocycles. The summed E-state index contributed by atoms with van der Waals surface area (Å²) >= 11 is 0. The number of nitrogens with one attached hydrogen (secondary N) is 1. The number of fused-ring (bicyclic) bond motifs is 2. The van der Waals surface area contributed by atoms with Crippen molar-refractivity contribution in [1.82, 2.24) is 0 Å². The van der Waals surface area contributed by atoms with Crippen molar-refractivity contribution in [2.24, 2.45) is 5.84 Å². The van der Waals surface area contributed by atoms with Gasteiger partial charge in [-0.15, -0.1) is 0 Å². The number of ether oxygens (including phenoxy) is 2. The fourth-order valence-electron chi connectivity index (χ4n) is 1.79. The molecule has 15 heavy (non-hydrogen) atoms. The highest BCUT2D eigenvalue weighted by atomic mass is 16.7. The van der Waals surface area contributed by atoms with E-state index < -0.39 is 0 Å². The number of benzene rings is 2. The number of anilines is 1. The number of hydrazine groups is 1. The second-order valence-electron chi connectivity index (χ2n) is 3.38. The van der Waals surface area contributed by atoms with Crippen LogP contribution in [-0.2, 0) is 0 Å². The third-order valence-corrected chi connectivity index (χ3v) is 2.53. The number of hydrogen-bond donors (Lipinski definition) is 2. The monoisotopic (exact) mass is 202 g/mol. The molecule has 0 saturated heterocycles. The molecular formula is C11H10N2O2. The summed E-state index contributed by atoms with van der Waals surface area (Å²) in [4.78, 5) is 0. The summed E-state index contributed by atoms with van der Waals surface area (Å²) in [6.45, 7) is 0.289. The van der Waals surface area contributed by atoms with E-state index in [2.05, 4.69) is 5.43 Å². The Labute approximate surface area is 86.6 Å². The van der Waals surface area contributed by atoms with Crippen LogP contribution in [0.4, 0.5) is 5.69 Å². The van der Waals surface area contributed by atoms with Crippen LogP contribution in [0.5, 0.6) is 11.5 Å². The average molecular weight is 202 g/mol. The maximum absolute atomic E-state index is 5.44. The molecule has 1 aliphatic rings. The molecule has 0 saturated carbocycles. The zero-order chi connectivity index (χ0) is 10.3. The summed E-state index contributed by atoms with van der Waals surface area (Å²) in [7, 11) is 0. The fourth-order valence-corrected chi connectivity index (χ4v) is 1.79. The Balaban J connectivity index is 2.33. The first kappa shape index (κ1) is 8.38. The standard InChI is InChI=1S/C11H10N2O2/c12-13-9-3-1-2-7-4-10-11(5-8(7)9)15-6-14-10/h1-5,13H,6,12H2. The van der Waals surface area contributed by atoms with Crippen molar-refractivity contribution >= 4 is 16.5 Å². The van der Waals surface area contributed by atoms with Crippen LogP contribution < -0.4 is 20.7 Å². The van der Waals surface area contributed by atoms with Crippen LogP contribution in [0.25, 0.3) is 10.8 Å². The van der Waals surface area contributed by atoms with Crippen LogP contribution in [-0.4, -0.2) is 6.79 Å². The van der Waals surface area contributed by atoms with Gasteiger partial charge in [0, 0.05) is 5.39 Å². The lowest BCUT2D eigenvalue weighted by molar-refractivity contribution is 0.174. The van der Waals surface area contributed by atoms with Crippen LogP contribution in [0.15, 0.2) is 30.3 Å². The number of hydrogen-bond acceptors (Lipinski definition) is 4. The van der Waals surface area contributed by atoms with E-state index in [1.165, 1.54) is 0 Å². The maximum Gasteiger partial charge on any atom is 0.231 e. The lowest BCUT2D eigenvalue weighted by Crippen LogP contribution is -2.06. The minimum Gasteiger partial charge on any atom is -0.454 e. The Morgan fingerprint density at radius 3 is 2.73 bits per heavy atom. The van der Waals surface area contributed by atoms with E-state index in [0.29, 0.717) is 0 Å². The molecule has 0 unspecified atom stereocenters. The van der Waals surface area contributed by atoms with Crippen LogP contribution in [0.2, 0.25) is 0 Å². The summed E-state index contributed by atoms with van der Waals surface area (Å²) in [5.41, 5.74) is 3.55. The molecular weight excluding hydrogens is 192 g/mol. The maximum atomic E-state index is 5.44. The van der Waals surface area contributed by atoms with Gasteiger partial charge in [-0.1, -0.05) is 12.1 Å². The van der Waals surface area contributed by atoms with Crippen LogP contribution in [0.3, 0.4) is 0 Å². The van der Waals surface area contributed by atoms with Crippen LogP contribution >= 0.6 is 0 Å². The molecule has 0 fully saturated rings. The summed E-state index contributed by atoms with van der Waals surface area (Å²) in [5.74, 6) is 7.00. The van der Waals surface area contributed by atoms with Gasteiger partial charge in [-0.3, -0.25) is 5.84 Å². The second-order valence-corrected chi connectivity index (χ2v) is 3.38. The van der Waals surface area contributed by atoms with Crippen molar-refractivity contribution < 1.29 is 9.47 Å². The number of nitrogen functional groups attached to an aromatic ring is 1. The normalized spacial score (nSPS) is 13.1. The van der Waals surface area contributed by atoms with Gasteiger partial charge in [0.2, 0.25) is 6.79 Å². The molecule has 3 N–H and O–H groups in total. The van der Waals surface area contributed by atoms with Crippen molar-refractivity contribution in [3.8, 4) is 11.5 Å². The zero-order valence-electron chi connectivity index (χ0n) is 7.99. The molecule has 2 aromatic carbocycles. The highest BCUT2D eigenvalue weighted by Gasteiger charge is 2.14. The van der Waals surface area contributed by atoms with Gasteiger partial charge in [0.05, 0.1) is 5.69 Å². The SMILES string of the molecule is NNc1cccc2cc3c(cc12)OCO3. The Kier molecular flexibility index (Phi) is 1.69. The predicted octanol–water partition coefficient (Wildman–Crippen LogP) is 1.85. The van der Waals surface area contributed by atoms with Gasteiger partial charge in [0.1, 0.15) is 0 Å². The fraction of sp³-hybridized carbons (Fsp3) is 0.0909. The van der Waals surface area contributed by atoms with Crippen molar-refractivity contribution in [2.75, 3.05) is 12.2 Å². The first-order valence-corrected chi connectivity index (χ1v) is 4.67. The molecule has 2 aromatic rings. The lowest BCUT2D eigenvalue weighted by Gasteiger charge is -2.06. The van der Waals surface area contributed by atoms with Crippen molar-refractivity contribution in [2.45, 2.75) is 0 Å². The van der Waals surface area contributed by atoms with E-state index in [9.17, 15) is 0 Å². The topological polar surface area (TPSA) is 56.5 Å². The molecule has 4 heteroatoms. The molecule has 76 valence electrons.